The predicted octanol–water partition coefficient (Wildman–Crippen LogP) is 4.81. The third-order valence-electron chi connectivity index (χ3n) is 4.75. The zero-order chi connectivity index (χ0) is 22.9. The third kappa shape index (κ3) is 4.27. The van der Waals surface area contributed by atoms with E-state index in [9.17, 15) is 13.2 Å². The van der Waals surface area contributed by atoms with Crippen LogP contribution < -0.4 is 10.0 Å². The Labute approximate surface area is 194 Å². The van der Waals surface area contributed by atoms with Gasteiger partial charge in [0.25, 0.3) is 15.9 Å². The molecule has 2 aromatic carbocycles. The number of aromatic nitrogens is 3. The molecule has 0 atom stereocenters. The first-order valence-corrected chi connectivity index (χ1v) is 11.7. The number of hydrogen-bond donors (Lipinski definition) is 2. The Morgan fingerprint density at radius 1 is 1.09 bits per heavy atom. The molecule has 0 radical (unpaired) electrons. The molecule has 0 unspecified atom stereocenters. The van der Waals surface area contributed by atoms with Crippen molar-refractivity contribution in [2.75, 3.05) is 10.0 Å². The molecule has 2 aromatic heterocycles. The minimum absolute atomic E-state index is 0.0187. The molecule has 0 spiro atoms. The highest BCUT2D eigenvalue weighted by Crippen LogP contribution is 2.33. The third-order valence-corrected chi connectivity index (χ3v) is 6.94. The molecule has 1 amide bonds. The number of anilines is 2. The largest absolute Gasteiger partial charge is 0.337 e. The van der Waals surface area contributed by atoms with E-state index in [1.165, 1.54) is 42.9 Å². The van der Waals surface area contributed by atoms with Crippen molar-refractivity contribution in [1.82, 2.24) is 14.5 Å². The summed E-state index contributed by atoms with van der Waals surface area (Å²) in [6.45, 7) is 2.47. The van der Waals surface area contributed by atoms with Gasteiger partial charge in [-0.25, -0.2) is 13.4 Å². The van der Waals surface area contributed by atoms with Gasteiger partial charge in [0, 0.05) is 30.0 Å². The molecule has 0 fully saturated rings. The van der Waals surface area contributed by atoms with Gasteiger partial charge in [-0.1, -0.05) is 23.2 Å². The molecule has 0 aliphatic rings. The van der Waals surface area contributed by atoms with Crippen LogP contribution in [0, 0.1) is 0 Å². The highest BCUT2D eigenvalue weighted by molar-refractivity contribution is 7.92. The van der Waals surface area contributed by atoms with Crippen LogP contribution in [0.3, 0.4) is 0 Å². The Hall–Kier alpha value is -3.14. The maximum atomic E-state index is 12.9. The number of halogens is 2. The predicted molar refractivity (Wildman–Crippen MR) is 125 cm³/mol. The number of fused-ring (bicyclic) bond motifs is 1. The van der Waals surface area contributed by atoms with Crippen LogP contribution >= 0.6 is 23.2 Å². The van der Waals surface area contributed by atoms with Crippen molar-refractivity contribution in [2.45, 2.75) is 18.4 Å². The zero-order valence-corrected chi connectivity index (χ0v) is 19.0. The standard InChI is InChI=1S/C21H17Cl2N5O3S/c1-2-28-17-8-7-16(22)20(23)15(17)11-18(28)21(29)26-13-3-5-14(6-4-13)32(30,31)27-19-12-24-9-10-25-19/h3-12H,2H2,1H3,(H,25,27)(H,26,29). The van der Waals surface area contributed by atoms with Crippen LogP contribution in [0.25, 0.3) is 10.9 Å². The molecule has 2 heterocycles. The molecule has 0 aliphatic carbocycles. The quantitative estimate of drug-likeness (QED) is 0.404. The number of aryl methyl sites for hydroxylation is 1. The van der Waals surface area contributed by atoms with Crippen LogP contribution in [0.5, 0.6) is 0 Å². The van der Waals surface area contributed by atoms with Crippen molar-refractivity contribution in [1.29, 1.82) is 0 Å². The number of nitrogens with one attached hydrogen (secondary N) is 2. The summed E-state index contributed by atoms with van der Waals surface area (Å²) in [5.41, 5.74) is 1.64. The van der Waals surface area contributed by atoms with E-state index in [0.29, 0.717) is 33.4 Å². The van der Waals surface area contributed by atoms with Gasteiger partial charge >= 0.3 is 0 Å². The SMILES string of the molecule is CCn1c(C(=O)Nc2ccc(S(=O)(=O)Nc3cnccn3)cc2)cc2c(Cl)c(Cl)ccc21. The Kier molecular flexibility index (Phi) is 6.05. The van der Waals surface area contributed by atoms with E-state index in [0.717, 1.165) is 5.52 Å². The molecule has 32 heavy (non-hydrogen) atoms. The molecular formula is C21H17Cl2N5O3S. The van der Waals surface area contributed by atoms with Crippen molar-refractivity contribution in [3.63, 3.8) is 0 Å². The molecule has 11 heteroatoms. The summed E-state index contributed by atoms with van der Waals surface area (Å²) >= 11 is 12.4. The lowest BCUT2D eigenvalue weighted by atomic mass is 10.2. The van der Waals surface area contributed by atoms with E-state index < -0.39 is 10.0 Å². The number of amides is 1. The van der Waals surface area contributed by atoms with Crippen LogP contribution in [-0.4, -0.2) is 28.9 Å². The molecule has 164 valence electrons. The fraction of sp³-hybridized carbons (Fsp3) is 0.0952. The van der Waals surface area contributed by atoms with Crippen molar-refractivity contribution >= 4 is 61.5 Å². The first kappa shape index (κ1) is 22.1. The highest BCUT2D eigenvalue weighted by Gasteiger charge is 2.19. The van der Waals surface area contributed by atoms with Crippen molar-refractivity contribution < 1.29 is 13.2 Å². The fourth-order valence-electron chi connectivity index (χ4n) is 3.26. The lowest BCUT2D eigenvalue weighted by molar-refractivity contribution is 0.101. The molecule has 0 saturated carbocycles. The summed E-state index contributed by atoms with van der Waals surface area (Å²) in [4.78, 5) is 20.7. The van der Waals surface area contributed by atoms with Gasteiger partial charge in [-0.3, -0.25) is 14.5 Å². The number of carbonyl (C=O) groups excluding carboxylic acids is 1. The van der Waals surface area contributed by atoms with Gasteiger partial charge in [0.05, 0.1) is 26.7 Å². The van der Waals surface area contributed by atoms with Gasteiger partial charge in [0.1, 0.15) is 5.69 Å². The van der Waals surface area contributed by atoms with Crippen molar-refractivity contribution in [3.8, 4) is 0 Å². The molecule has 0 aliphatic heterocycles. The second kappa shape index (κ2) is 8.78. The number of benzene rings is 2. The first-order chi connectivity index (χ1) is 15.3. The van der Waals surface area contributed by atoms with Gasteiger partial charge in [-0.15, -0.1) is 0 Å². The summed E-state index contributed by atoms with van der Waals surface area (Å²) in [7, 11) is -3.84. The monoisotopic (exact) mass is 489 g/mol. The summed E-state index contributed by atoms with van der Waals surface area (Å²) in [6, 6.07) is 11.0. The molecule has 0 saturated heterocycles. The number of rotatable bonds is 6. The fourth-order valence-corrected chi connectivity index (χ4v) is 4.64. The molecule has 4 rings (SSSR count). The van der Waals surface area contributed by atoms with E-state index >= 15 is 0 Å². The van der Waals surface area contributed by atoms with Crippen molar-refractivity contribution in [3.05, 3.63) is 76.8 Å². The summed E-state index contributed by atoms with van der Waals surface area (Å²) < 4.78 is 29.2. The van der Waals surface area contributed by atoms with Gasteiger partial charge in [-0.05, 0) is 49.4 Å². The van der Waals surface area contributed by atoms with E-state index in [1.807, 2.05) is 17.6 Å². The van der Waals surface area contributed by atoms with E-state index in [2.05, 4.69) is 20.0 Å². The summed E-state index contributed by atoms with van der Waals surface area (Å²) in [5.74, 6) is -0.250. The summed E-state index contributed by atoms with van der Waals surface area (Å²) in [6.07, 6.45) is 4.13. The second-order valence-corrected chi connectivity index (χ2v) is 9.21. The minimum Gasteiger partial charge on any atom is -0.337 e. The van der Waals surface area contributed by atoms with Gasteiger partial charge in [0.2, 0.25) is 0 Å². The van der Waals surface area contributed by atoms with Gasteiger partial charge in [0.15, 0.2) is 5.82 Å². The van der Waals surface area contributed by atoms with Crippen LogP contribution in [-0.2, 0) is 16.6 Å². The van der Waals surface area contributed by atoms with E-state index in [4.69, 9.17) is 23.2 Å². The Morgan fingerprint density at radius 3 is 2.50 bits per heavy atom. The molecule has 8 nitrogen and oxygen atoms in total. The number of carbonyl (C=O) groups is 1. The Balaban J connectivity index is 1.56. The average molecular weight is 490 g/mol. The van der Waals surface area contributed by atoms with Crippen LogP contribution in [0.15, 0.2) is 66.0 Å². The van der Waals surface area contributed by atoms with Crippen molar-refractivity contribution in [2.24, 2.45) is 0 Å². The minimum atomic E-state index is -3.84. The number of hydrogen-bond acceptors (Lipinski definition) is 5. The molecule has 4 aromatic rings. The second-order valence-electron chi connectivity index (χ2n) is 6.74. The van der Waals surface area contributed by atoms with Gasteiger partial charge in [-0.2, -0.15) is 0 Å². The van der Waals surface area contributed by atoms with E-state index in [1.54, 1.807) is 12.1 Å². The van der Waals surface area contributed by atoms with E-state index in [-0.39, 0.29) is 16.6 Å². The smallest absolute Gasteiger partial charge is 0.272 e. The maximum absolute atomic E-state index is 12.9. The first-order valence-electron chi connectivity index (χ1n) is 9.47. The molecule has 2 N–H and O–H groups in total. The Bertz CT molecular complexity index is 1410. The normalized spacial score (nSPS) is 11.5. The van der Waals surface area contributed by atoms with Crippen LogP contribution in [0.2, 0.25) is 10.0 Å². The zero-order valence-electron chi connectivity index (χ0n) is 16.7. The van der Waals surface area contributed by atoms with Gasteiger partial charge < -0.3 is 9.88 Å². The Morgan fingerprint density at radius 2 is 1.84 bits per heavy atom. The maximum Gasteiger partial charge on any atom is 0.272 e. The molecule has 0 bridgehead atoms. The topological polar surface area (TPSA) is 106 Å². The average Bonchev–Trinajstić information content (AvgIpc) is 3.16. The lowest BCUT2D eigenvalue weighted by Gasteiger charge is -2.10. The van der Waals surface area contributed by atoms with Crippen LogP contribution in [0.4, 0.5) is 11.5 Å². The lowest BCUT2D eigenvalue weighted by Crippen LogP contribution is -2.17. The number of nitrogens with zero attached hydrogens (tertiary/aromatic N) is 3. The highest BCUT2D eigenvalue weighted by atomic mass is 35.5. The number of sulfonamides is 1. The summed E-state index contributed by atoms with van der Waals surface area (Å²) in [5, 5.41) is 4.26. The molecular weight excluding hydrogens is 473 g/mol. The van der Waals surface area contributed by atoms with Crippen LogP contribution in [0.1, 0.15) is 17.4 Å².